The molecule has 0 saturated carbocycles. The van der Waals surface area contributed by atoms with Gasteiger partial charge >= 0.3 is 5.97 Å². The molecule has 0 unspecified atom stereocenters. The summed E-state index contributed by atoms with van der Waals surface area (Å²) in [5.41, 5.74) is 0.999. The molecule has 2 aromatic rings. The molecule has 1 aromatic heterocycles. The molecule has 0 saturated heterocycles. The Kier molecular flexibility index (Phi) is 4.90. The molecule has 23 heavy (non-hydrogen) atoms. The van der Waals surface area contributed by atoms with Crippen LogP contribution in [0.2, 0.25) is 0 Å². The van der Waals surface area contributed by atoms with E-state index >= 15 is 0 Å². The number of nitrogens with one attached hydrogen (secondary N) is 1. The van der Waals surface area contributed by atoms with Crippen molar-refractivity contribution >= 4 is 11.9 Å². The van der Waals surface area contributed by atoms with Gasteiger partial charge in [0.1, 0.15) is 18.1 Å². The largest absolute Gasteiger partial charge is 0.493 e. The Labute approximate surface area is 132 Å². The van der Waals surface area contributed by atoms with Crippen LogP contribution in [0.1, 0.15) is 16.1 Å². The van der Waals surface area contributed by atoms with Crippen LogP contribution in [0, 0.1) is 6.92 Å². The number of methoxy groups -OCH3 is 2. The van der Waals surface area contributed by atoms with E-state index in [9.17, 15) is 9.59 Å². The maximum atomic E-state index is 12.0. The molecule has 1 aromatic carbocycles. The van der Waals surface area contributed by atoms with Crippen LogP contribution in [-0.4, -0.2) is 37.7 Å². The van der Waals surface area contributed by atoms with Gasteiger partial charge in [-0.05, 0) is 31.2 Å². The van der Waals surface area contributed by atoms with E-state index in [4.69, 9.17) is 19.0 Å². The molecule has 1 heterocycles. The second-order valence-electron chi connectivity index (χ2n) is 4.73. The first-order valence-electron chi connectivity index (χ1n) is 6.79. The van der Waals surface area contributed by atoms with E-state index in [1.54, 1.807) is 38.3 Å². The summed E-state index contributed by atoms with van der Waals surface area (Å²) in [6, 6.07) is 6.80. The van der Waals surface area contributed by atoms with Crippen LogP contribution < -0.4 is 14.8 Å². The second-order valence-corrected chi connectivity index (χ2v) is 4.73. The zero-order valence-electron chi connectivity index (χ0n) is 13.0. The van der Waals surface area contributed by atoms with Crippen LogP contribution >= 0.6 is 0 Å². The number of aryl methyl sites for hydroxylation is 1. The summed E-state index contributed by atoms with van der Waals surface area (Å²) in [4.78, 5) is 22.5. The van der Waals surface area contributed by atoms with Crippen molar-refractivity contribution in [1.82, 2.24) is 5.32 Å². The summed E-state index contributed by atoms with van der Waals surface area (Å²) in [7, 11) is 3.07. The Balaban J connectivity index is 2.30. The minimum absolute atomic E-state index is 0.288. The van der Waals surface area contributed by atoms with E-state index in [0.717, 1.165) is 0 Å². The molecule has 1 amide bonds. The predicted octanol–water partition coefficient (Wildman–Crippen LogP) is 2.09. The van der Waals surface area contributed by atoms with Gasteiger partial charge in [0.2, 0.25) is 0 Å². The van der Waals surface area contributed by atoms with E-state index < -0.39 is 18.4 Å². The van der Waals surface area contributed by atoms with Gasteiger partial charge in [-0.15, -0.1) is 0 Å². The number of aliphatic carboxylic acids is 1. The van der Waals surface area contributed by atoms with Crippen molar-refractivity contribution < 1.29 is 28.6 Å². The van der Waals surface area contributed by atoms with Crippen molar-refractivity contribution in [2.24, 2.45) is 0 Å². The lowest BCUT2D eigenvalue weighted by Gasteiger charge is -2.08. The number of rotatable bonds is 6. The number of benzene rings is 1. The minimum Gasteiger partial charge on any atom is -0.493 e. The quantitative estimate of drug-likeness (QED) is 0.846. The Hall–Kier alpha value is -2.96. The summed E-state index contributed by atoms with van der Waals surface area (Å²) in [5, 5.41) is 10.9. The summed E-state index contributed by atoms with van der Waals surface area (Å²) >= 11 is 0. The topological polar surface area (TPSA) is 98.0 Å². The number of hydrogen-bond acceptors (Lipinski definition) is 5. The van der Waals surface area contributed by atoms with Crippen molar-refractivity contribution in [3.63, 3.8) is 0 Å². The Morgan fingerprint density at radius 1 is 1.17 bits per heavy atom. The first-order chi connectivity index (χ1) is 11.0. The fourth-order valence-corrected chi connectivity index (χ4v) is 2.09. The van der Waals surface area contributed by atoms with Gasteiger partial charge in [-0.1, -0.05) is 0 Å². The molecule has 2 N–H and O–H groups in total. The van der Waals surface area contributed by atoms with Crippen LogP contribution in [0.25, 0.3) is 11.3 Å². The van der Waals surface area contributed by atoms with E-state index in [1.807, 2.05) is 0 Å². The molecular formula is C16H17NO6. The molecule has 0 bridgehead atoms. The zero-order chi connectivity index (χ0) is 17.0. The van der Waals surface area contributed by atoms with Crippen molar-refractivity contribution in [2.75, 3.05) is 20.8 Å². The molecule has 0 spiro atoms. The molecule has 7 nitrogen and oxygen atoms in total. The maximum absolute atomic E-state index is 12.0. The van der Waals surface area contributed by atoms with Crippen LogP contribution in [0.5, 0.6) is 11.5 Å². The molecular weight excluding hydrogens is 302 g/mol. The zero-order valence-corrected chi connectivity index (χ0v) is 13.0. The molecule has 0 fully saturated rings. The minimum atomic E-state index is -1.11. The lowest BCUT2D eigenvalue weighted by atomic mass is 10.1. The molecule has 0 aliphatic carbocycles. The molecule has 7 heteroatoms. The van der Waals surface area contributed by atoms with Crippen LogP contribution in [0.3, 0.4) is 0 Å². The Morgan fingerprint density at radius 2 is 1.87 bits per heavy atom. The smallest absolute Gasteiger partial charge is 0.322 e. The van der Waals surface area contributed by atoms with Crippen molar-refractivity contribution in [3.05, 3.63) is 35.6 Å². The molecule has 122 valence electrons. The van der Waals surface area contributed by atoms with Crippen LogP contribution in [0.4, 0.5) is 0 Å². The molecule has 0 aliphatic rings. The lowest BCUT2D eigenvalue weighted by molar-refractivity contribution is -0.135. The molecule has 0 atom stereocenters. The highest BCUT2D eigenvalue weighted by Crippen LogP contribution is 2.33. The van der Waals surface area contributed by atoms with E-state index in [-0.39, 0.29) is 5.56 Å². The standard InChI is InChI=1S/C16H17NO6/c1-9-11(16(20)17-8-15(18)19)7-13(23-9)10-4-5-12(21-2)14(6-10)22-3/h4-7H,8H2,1-3H3,(H,17,20)(H,18,19). The number of carboxylic acids is 1. The van der Waals surface area contributed by atoms with Crippen molar-refractivity contribution in [2.45, 2.75) is 6.92 Å². The molecule has 0 aliphatic heterocycles. The van der Waals surface area contributed by atoms with Crippen LogP contribution in [-0.2, 0) is 4.79 Å². The Bertz CT molecular complexity index is 734. The molecule has 2 rings (SSSR count). The van der Waals surface area contributed by atoms with E-state index in [1.165, 1.54) is 7.11 Å². The third-order valence-corrected chi connectivity index (χ3v) is 3.23. The summed E-state index contributed by atoms with van der Waals surface area (Å²) in [6.07, 6.45) is 0. The number of carbonyl (C=O) groups excluding carboxylic acids is 1. The number of carbonyl (C=O) groups is 2. The first kappa shape index (κ1) is 16.4. The summed E-state index contributed by atoms with van der Waals surface area (Å²) in [6.45, 7) is 1.19. The van der Waals surface area contributed by atoms with Crippen molar-refractivity contribution in [1.29, 1.82) is 0 Å². The van der Waals surface area contributed by atoms with E-state index in [2.05, 4.69) is 5.32 Å². The summed E-state index contributed by atoms with van der Waals surface area (Å²) < 4.78 is 16.0. The van der Waals surface area contributed by atoms with Gasteiger partial charge in [0, 0.05) is 5.56 Å². The van der Waals surface area contributed by atoms with Crippen LogP contribution in [0.15, 0.2) is 28.7 Å². The Morgan fingerprint density at radius 3 is 2.48 bits per heavy atom. The third-order valence-electron chi connectivity index (χ3n) is 3.23. The van der Waals surface area contributed by atoms with Gasteiger partial charge in [0.05, 0.1) is 19.8 Å². The SMILES string of the molecule is COc1ccc(-c2cc(C(=O)NCC(=O)O)c(C)o2)cc1OC. The normalized spacial score (nSPS) is 10.2. The number of amides is 1. The van der Waals surface area contributed by atoms with Gasteiger partial charge in [-0.25, -0.2) is 0 Å². The monoisotopic (exact) mass is 319 g/mol. The number of hydrogen-bond donors (Lipinski definition) is 2. The second kappa shape index (κ2) is 6.87. The highest BCUT2D eigenvalue weighted by atomic mass is 16.5. The van der Waals surface area contributed by atoms with Gasteiger partial charge in [0.15, 0.2) is 11.5 Å². The molecule has 0 radical (unpaired) electrons. The number of carboxylic acid groups (broad SMARTS) is 1. The first-order valence-corrected chi connectivity index (χ1v) is 6.79. The number of ether oxygens (including phenoxy) is 2. The maximum Gasteiger partial charge on any atom is 0.322 e. The average Bonchev–Trinajstić information content (AvgIpc) is 2.93. The predicted molar refractivity (Wildman–Crippen MR) is 82.0 cm³/mol. The van der Waals surface area contributed by atoms with Gasteiger partial charge in [0.25, 0.3) is 5.91 Å². The lowest BCUT2D eigenvalue weighted by Crippen LogP contribution is -2.29. The number of furan rings is 1. The van der Waals surface area contributed by atoms with E-state index in [0.29, 0.717) is 28.6 Å². The van der Waals surface area contributed by atoms with Gasteiger partial charge in [-0.2, -0.15) is 0 Å². The summed E-state index contributed by atoms with van der Waals surface area (Å²) in [5.74, 6) is 0.386. The fourth-order valence-electron chi connectivity index (χ4n) is 2.09. The highest BCUT2D eigenvalue weighted by Gasteiger charge is 2.17. The highest BCUT2D eigenvalue weighted by molar-refractivity contribution is 5.97. The third kappa shape index (κ3) is 3.63. The van der Waals surface area contributed by atoms with Gasteiger partial charge < -0.3 is 24.3 Å². The average molecular weight is 319 g/mol. The fraction of sp³-hybridized carbons (Fsp3) is 0.250. The van der Waals surface area contributed by atoms with Gasteiger partial charge in [-0.3, -0.25) is 9.59 Å². The van der Waals surface area contributed by atoms with Crippen molar-refractivity contribution in [3.8, 4) is 22.8 Å².